The molecule has 1 aliphatic rings. The van der Waals surface area contributed by atoms with Gasteiger partial charge in [-0.05, 0) is 24.8 Å². The van der Waals surface area contributed by atoms with Crippen LogP contribution in [-0.4, -0.2) is 24.0 Å². The monoisotopic (exact) mass is 291 g/mol. The minimum Gasteiger partial charge on any atom is -0.465 e. The Balaban J connectivity index is 2.42. The topological polar surface area (TPSA) is 108 Å². The molecule has 0 atom stereocenters. The number of anilines is 1. The van der Waals surface area contributed by atoms with E-state index in [4.69, 9.17) is 16.2 Å². The molecule has 0 saturated heterocycles. The Morgan fingerprint density at radius 2 is 2.10 bits per heavy atom. The number of fused-ring (bicyclic) bond motifs is 2. The molecule has 0 fully saturated rings. The molecule has 0 bridgehead atoms. The number of carbonyl (C=O) groups is 2. The van der Waals surface area contributed by atoms with Crippen molar-refractivity contribution in [2.75, 3.05) is 12.8 Å². The highest BCUT2D eigenvalue weighted by atomic mass is 32.1. The smallest absolute Gasteiger partial charge is 0.339 e. The Hall–Kier alpha value is -2.15. The fourth-order valence-corrected chi connectivity index (χ4v) is 3.63. The van der Waals surface area contributed by atoms with Crippen LogP contribution in [0.5, 0.6) is 0 Å². The van der Waals surface area contributed by atoms with Crippen LogP contribution in [0.1, 0.15) is 37.7 Å². The van der Waals surface area contributed by atoms with Crippen molar-refractivity contribution < 1.29 is 14.3 Å². The van der Waals surface area contributed by atoms with Crippen molar-refractivity contribution in [1.82, 2.24) is 4.98 Å². The van der Waals surface area contributed by atoms with E-state index in [9.17, 15) is 9.59 Å². The number of carbonyl (C=O) groups excluding carboxylic acids is 2. The van der Waals surface area contributed by atoms with Crippen LogP contribution in [0.15, 0.2) is 0 Å². The number of nitrogens with two attached hydrogens (primary N) is 2. The number of hydrogen-bond donors (Lipinski definition) is 2. The quantitative estimate of drug-likeness (QED) is 0.809. The van der Waals surface area contributed by atoms with E-state index in [0.29, 0.717) is 15.8 Å². The van der Waals surface area contributed by atoms with Gasteiger partial charge in [0.1, 0.15) is 9.71 Å². The van der Waals surface area contributed by atoms with Crippen LogP contribution in [0, 0.1) is 0 Å². The van der Waals surface area contributed by atoms with Gasteiger partial charge in [-0.15, -0.1) is 11.3 Å². The first-order valence-corrected chi connectivity index (χ1v) is 6.98. The molecular weight excluding hydrogens is 278 g/mol. The first kappa shape index (κ1) is 12.9. The van der Waals surface area contributed by atoms with Crippen molar-refractivity contribution in [3.05, 3.63) is 21.7 Å². The summed E-state index contributed by atoms with van der Waals surface area (Å²) in [6.45, 7) is 0. The number of hydrogen-bond acceptors (Lipinski definition) is 6. The van der Waals surface area contributed by atoms with Crippen LogP contribution in [0.3, 0.4) is 0 Å². The van der Waals surface area contributed by atoms with Gasteiger partial charge in [-0.1, -0.05) is 0 Å². The van der Waals surface area contributed by atoms with Crippen molar-refractivity contribution in [2.45, 2.75) is 19.3 Å². The largest absolute Gasteiger partial charge is 0.465 e. The van der Waals surface area contributed by atoms with Gasteiger partial charge >= 0.3 is 5.97 Å². The molecule has 104 valence electrons. The zero-order valence-corrected chi connectivity index (χ0v) is 11.7. The number of pyridine rings is 1. The molecule has 7 heteroatoms. The summed E-state index contributed by atoms with van der Waals surface area (Å²) in [7, 11) is 1.33. The fourth-order valence-electron chi connectivity index (χ4n) is 2.66. The average molecular weight is 291 g/mol. The van der Waals surface area contributed by atoms with Crippen molar-refractivity contribution in [1.29, 1.82) is 0 Å². The van der Waals surface area contributed by atoms with Crippen molar-refractivity contribution in [3.63, 3.8) is 0 Å². The maximum Gasteiger partial charge on any atom is 0.339 e. The molecule has 20 heavy (non-hydrogen) atoms. The summed E-state index contributed by atoms with van der Waals surface area (Å²) < 4.78 is 4.86. The third kappa shape index (κ3) is 1.66. The van der Waals surface area contributed by atoms with Crippen LogP contribution in [0.2, 0.25) is 0 Å². The van der Waals surface area contributed by atoms with Crippen LogP contribution >= 0.6 is 11.3 Å². The molecule has 1 amide bonds. The molecule has 2 aromatic heterocycles. The maximum atomic E-state index is 12.1. The number of ether oxygens (including phenoxy) is 1. The van der Waals surface area contributed by atoms with Gasteiger partial charge in [0.2, 0.25) is 0 Å². The number of nitrogens with zero attached hydrogens (tertiary/aromatic N) is 1. The highest BCUT2D eigenvalue weighted by Gasteiger charge is 2.28. The Labute approximate surface area is 118 Å². The summed E-state index contributed by atoms with van der Waals surface area (Å²) in [4.78, 5) is 28.8. The first-order valence-electron chi connectivity index (χ1n) is 6.16. The van der Waals surface area contributed by atoms with Crippen LogP contribution < -0.4 is 11.5 Å². The minimum absolute atomic E-state index is 0.222. The fraction of sp³-hybridized carbons (Fsp3) is 0.308. The number of thiophene rings is 1. The standard InChI is InChI=1S/C13H13N3O3S/c1-19-13(18)7-5-3-2-4-6(5)16-12-8(7)9(14)10(20-12)11(15)17/h2-4,14H2,1H3,(H2,15,17). The zero-order chi connectivity index (χ0) is 14.4. The lowest BCUT2D eigenvalue weighted by molar-refractivity contribution is 0.0601. The molecule has 0 radical (unpaired) electrons. The lowest BCUT2D eigenvalue weighted by Gasteiger charge is -2.08. The van der Waals surface area contributed by atoms with Gasteiger partial charge in [-0.3, -0.25) is 4.79 Å². The maximum absolute atomic E-state index is 12.1. The Kier molecular flexibility index (Phi) is 2.86. The summed E-state index contributed by atoms with van der Waals surface area (Å²) in [5, 5.41) is 0.497. The second-order valence-electron chi connectivity index (χ2n) is 4.65. The molecule has 3 rings (SSSR count). The molecule has 1 aliphatic carbocycles. The second kappa shape index (κ2) is 4.45. The normalized spacial score (nSPS) is 13.4. The summed E-state index contributed by atoms with van der Waals surface area (Å²) in [5.41, 5.74) is 13.7. The number of esters is 1. The van der Waals surface area contributed by atoms with Gasteiger partial charge in [0.15, 0.2) is 0 Å². The summed E-state index contributed by atoms with van der Waals surface area (Å²) in [6, 6.07) is 0. The predicted molar refractivity (Wildman–Crippen MR) is 75.9 cm³/mol. The molecule has 0 aromatic carbocycles. The molecule has 0 spiro atoms. The molecule has 0 aliphatic heterocycles. The van der Waals surface area contributed by atoms with Crippen LogP contribution in [0.4, 0.5) is 5.69 Å². The third-order valence-electron chi connectivity index (χ3n) is 3.52. The average Bonchev–Trinajstić information content (AvgIpc) is 3.00. The van der Waals surface area contributed by atoms with E-state index in [2.05, 4.69) is 4.98 Å². The minimum atomic E-state index is -0.610. The molecule has 4 N–H and O–H groups in total. The Bertz CT molecular complexity index is 751. The third-order valence-corrected chi connectivity index (χ3v) is 4.63. The number of aryl methyl sites for hydroxylation is 1. The number of amides is 1. The summed E-state index contributed by atoms with van der Waals surface area (Å²) in [6.07, 6.45) is 2.54. The molecule has 2 heterocycles. The summed E-state index contributed by atoms with van der Waals surface area (Å²) in [5.74, 6) is -1.06. The first-order chi connectivity index (χ1) is 9.54. The highest BCUT2D eigenvalue weighted by molar-refractivity contribution is 7.21. The zero-order valence-electron chi connectivity index (χ0n) is 10.9. The molecular formula is C13H13N3O3S. The van der Waals surface area contributed by atoms with E-state index in [1.54, 1.807) is 0 Å². The number of rotatable bonds is 2. The van der Waals surface area contributed by atoms with Crippen LogP contribution in [-0.2, 0) is 17.6 Å². The van der Waals surface area contributed by atoms with Crippen LogP contribution in [0.25, 0.3) is 10.2 Å². The summed E-state index contributed by atoms with van der Waals surface area (Å²) >= 11 is 1.12. The number of primary amides is 1. The second-order valence-corrected chi connectivity index (χ2v) is 5.65. The highest BCUT2D eigenvalue weighted by Crippen LogP contribution is 2.39. The predicted octanol–water partition coefficient (Wildman–Crippen LogP) is 1.25. The molecule has 0 unspecified atom stereocenters. The van der Waals surface area contributed by atoms with E-state index < -0.39 is 11.9 Å². The SMILES string of the molecule is COC(=O)c1c2c(nc3sc(C(N)=O)c(N)c13)CCC2. The number of aromatic nitrogens is 1. The van der Waals surface area contributed by atoms with Crippen molar-refractivity contribution in [2.24, 2.45) is 5.73 Å². The van der Waals surface area contributed by atoms with E-state index in [1.807, 2.05) is 0 Å². The lowest BCUT2D eigenvalue weighted by Crippen LogP contribution is -2.12. The van der Waals surface area contributed by atoms with Gasteiger partial charge in [0.25, 0.3) is 5.91 Å². The number of nitrogen functional groups attached to an aromatic ring is 1. The van der Waals surface area contributed by atoms with Crippen molar-refractivity contribution >= 4 is 39.1 Å². The van der Waals surface area contributed by atoms with Gasteiger partial charge in [0, 0.05) is 11.1 Å². The molecule has 6 nitrogen and oxygen atoms in total. The Morgan fingerprint density at radius 1 is 1.35 bits per heavy atom. The van der Waals surface area contributed by atoms with Gasteiger partial charge in [0.05, 0.1) is 18.4 Å². The van der Waals surface area contributed by atoms with E-state index in [0.717, 1.165) is 41.9 Å². The van der Waals surface area contributed by atoms with Gasteiger partial charge < -0.3 is 16.2 Å². The Morgan fingerprint density at radius 3 is 2.75 bits per heavy atom. The molecule has 0 saturated carbocycles. The lowest BCUT2D eigenvalue weighted by atomic mass is 10.0. The van der Waals surface area contributed by atoms with E-state index in [1.165, 1.54) is 7.11 Å². The van der Waals surface area contributed by atoms with Crippen molar-refractivity contribution in [3.8, 4) is 0 Å². The van der Waals surface area contributed by atoms with Gasteiger partial charge in [-0.2, -0.15) is 0 Å². The van der Waals surface area contributed by atoms with E-state index >= 15 is 0 Å². The van der Waals surface area contributed by atoms with E-state index in [-0.39, 0.29) is 10.6 Å². The van der Waals surface area contributed by atoms with Gasteiger partial charge in [-0.25, -0.2) is 9.78 Å². The number of methoxy groups -OCH3 is 1. The molecule has 2 aromatic rings.